The molecule has 2 N–H and O–H groups in total. The summed E-state index contributed by atoms with van der Waals surface area (Å²) in [5.74, 6) is 0. The fourth-order valence-electron chi connectivity index (χ4n) is 2.56. The van der Waals surface area contributed by atoms with Gasteiger partial charge < -0.3 is 15.5 Å². The fraction of sp³-hybridized carbons (Fsp3) is 0.800. The molecule has 20 heavy (non-hydrogen) atoms. The highest BCUT2D eigenvalue weighted by Crippen LogP contribution is 2.29. The molecule has 0 amide bonds. The largest absolute Gasteiger partial charge is 0.326 e. The van der Waals surface area contributed by atoms with Gasteiger partial charge in [-0.3, -0.25) is 0 Å². The predicted octanol–water partition coefficient (Wildman–Crippen LogP) is 1.69. The maximum Gasteiger partial charge on any atom is 0.0944 e. The molecule has 2 rings (SSSR count). The second-order valence-electron chi connectivity index (χ2n) is 6.73. The van der Waals surface area contributed by atoms with E-state index in [9.17, 15) is 0 Å². The summed E-state index contributed by atoms with van der Waals surface area (Å²) in [7, 11) is 2.20. The molecule has 1 aromatic heterocycles. The Morgan fingerprint density at radius 2 is 1.85 bits per heavy atom. The molecule has 0 unspecified atom stereocenters. The van der Waals surface area contributed by atoms with Crippen molar-refractivity contribution < 1.29 is 0 Å². The molecule has 0 aliphatic carbocycles. The van der Waals surface area contributed by atoms with E-state index in [1.807, 2.05) is 0 Å². The SMILES string of the molecule is CN1CCN(CCc2nc(C(C)(C)C)c(CN)s2)CC1. The van der Waals surface area contributed by atoms with Gasteiger partial charge in [-0.05, 0) is 7.05 Å². The van der Waals surface area contributed by atoms with Crippen LogP contribution in [0.2, 0.25) is 0 Å². The van der Waals surface area contributed by atoms with Gasteiger partial charge in [-0.25, -0.2) is 4.98 Å². The molecule has 0 bridgehead atoms. The van der Waals surface area contributed by atoms with Crippen LogP contribution < -0.4 is 5.73 Å². The minimum Gasteiger partial charge on any atom is -0.326 e. The molecule has 0 atom stereocenters. The van der Waals surface area contributed by atoms with Gasteiger partial charge in [0.25, 0.3) is 0 Å². The summed E-state index contributed by atoms with van der Waals surface area (Å²) >= 11 is 1.80. The van der Waals surface area contributed by atoms with E-state index in [1.165, 1.54) is 41.8 Å². The molecule has 1 saturated heterocycles. The lowest BCUT2D eigenvalue weighted by atomic mass is 9.91. The molecule has 0 spiro atoms. The van der Waals surface area contributed by atoms with Gasteiger partial charge >= 0.3 is 0 Å². The summed E-state index contributed by atoms with van der Waals surface area (Å²) in [5, 5.41) is 1.24. The molecule has 1 aliphatic rings. The number of nitrogens with zero attached hydrogens (tertiary/aromatic N) is 3. The van der Waals surface area contributed by atoms with E-state index in [2.05, 4.69) is 37.6 Å². The molecule has 1 fully saturated rings. The van der Waals surface area contributed by atoms with E-state index in [4.69, 9.17) is 10.7 Å². The van der Waals surface area contributed by atoms with Gasteiger partial charge in [0.1, 0.15) is 0 Å². The van der Waals surface area contributed by atoms with Crippen molar-refractivity contribution in [2.24, 2.45) is 5.73 Å². The molecule has 114 valence electrons. The molecule has 0 radical (unpaired) electrons. The minimum absolute atomic E-state index is 0.0945. The third-order valence-electron chi connectivity index (χ3n) is 3.88. The Hall–Kier alpha value is -0.490. The summed E-state index contributed by atoms with van der Waals surface area (Å²) in [4.78, 5) is 11.0. The second-order valence-corrected chi connectivity index (χ2v) is 7.90. The van der Waals surface area contributed by atoms with Gasteiger partial charge in [0.2, 0.25) is 0 Å². The smallest absolute Gasteiger partial charge is 0.0944 e. The standard InChI is InChI=1S/C15H28N4S/c1-15(2,3)14-12(11-16)20-13(17-14)5-6-19-9-7-18(4)8-10-19/h5-11,16H2,1-4H3. The zero-order chi connectivity index (χ0) is 14.8. The van der Waals surface area contributed by atoms with Crippen LogP contribution in [0.15, 0.2) is 0 Å². The Kier molecular flexibility index (Phi) is 5.18. The molecule has 1 aromatic rings. The predicted molar refractivity (Wildman–Crippen MR) is 86.3 cm³/mol. The van der Waals surface area contributed by atoms with Crippen molar-refractivity contribution in [3.63, 3.8) is 0 Å². The first-order chi connectivity index (χ1) is 9.40. The van der Waals surface area contributed by atoms with Gasteiger partial charge in [-0.15, -0.1) is 11.3 Å². The molecule has 1 aliphatic heterocycles. The van der Waals surface area contributed by atoms with E-state index in [0.717, 1.165) is 13.0 Å². The number of rotatable bonds is 4. The second kappa shape index (κ2) is 6.52. The van der Waals surface area contributed by atoms with Crippen molar-refractivity contribution in [2.45, 2.75) is 39.2 Å². The molecular formula is C15H28N4S. The van der Waals surface area contributed by atoms with Crippen LogP contribution in [0.3, 0.4) is 0 Å². The summed E-state index contributed by atoms with van der Waals surface area (Å²) in [6.45, 7) is 13.1. The van der Waals surface area contributed by atoms with E-state index in [0.29, 0.717) is 6.54 Å². The van der Waals surface area contributed by atoms with Gasteiger partial charge in [0, 0.05) is 56.0 Å². The monoisotopic (exact) mass is 296 g/mol. The number of aromatic nitrogens is 1. The van der Waals surface area contributed by atoms with Gasteiger partial charge in [-0.2, -0.15) is 0 Å². The Labute approximate surface area is 127 Å². The molecule has 5 heteroatoms. The number of hydrogen-bond acceptors (Lipinski definition) is 5. The summed E-state index contributed by atoms with van der Waals surface area (Å²) < 4.78 is 0. The van der Waals surface area contributed by atoms with E-state index < -0.39 is 0 Å². The molecular weight excluding hydrogens is 268 g/mol. The van der Waals surface area contributed by atoms with Crippen molar-refractivity contribution in [3.8, 4) is 0 Å². The normalized spacial score (nSPS) is 18.6. The fourth-order valence-corrected chi connectivity index (χ4v) is 3.70. The Bertz CT molecular complexity index is 428. The number of thiazole rings is 1. The van der Waals surface area contributed by atoms with Gasteiger partial charge in [0.15, 0.2) is 0 Å². The highest BCUT2D eigenvalue weighted by molar-refractivity contribution is 7.11. The summed E-state index contributed by atoms with van der Waals surface area (Å²) in [5.41, 5.74) is 7.16. The first kappa shape index (κ1) is 15.9. The highest BCUT2D eigenvalue weighted by atomic mass is 32.1. The van der Waals surface area contributed by atoms with Gasteiger partial charge in [-0.1, -0.05) is 20.8 Å². The average Bonchev–Trinajstić information content (AvgIpc) is 2.81. The van der Waals surface area contributed by atoms with Crippen LogP contribution in [0, 0.1) is 0 Å². The number of piperazine rings is 1. The molecule has 2 heterocycles. The topological polar surface area (TPSA) is 45.4 Å². The first-order valence-electron chi connectivity index (χ1n) is 7.50. The Morgan fingerprint density at radius 3 is 2.35 bits per heavy atom. The van der Waals surface area contributed by atoms with Crippen molar-refractivity contribution >= 4 is 11.3 Å². The van der Waals surface area contributed by atoms with Crippen LogP contribution in [0.4, 0.5) is 0 Å². The van der Waals surface area contributed by atoms with Crippen molar-refractivity contribution in [1.29, 1.82) is 0 Å². The van der Waals surface area contributed by atoms with Crippen molar-refractivity contribution in [3.05, 3.63) is 15.6 Å². The Morgan fingerprint density at radius 1 is 1.20 bits per heavy atom. The maximum atomic E-state index is 5.87. The average molecular weight is 296 g/mol. The quantitative estimate of drug-likeness (QED) is 0.918. The third-order valence-corrected chi connectivity index (χ3v) is 5.01. The Balaban J connectivity index is 1.95. The number of hydrogen-bond donors (Lipinski definition) is 1. The number of nitrogens with two attached hydrogens (primary N) is 1. The minimum atomic E-state index is 0.0945. The van der Waals surface area contributed by atoms with Crippen LogP contribution in [0.1, 0.15) is 36.3 Å². The highest BCUT2D eigenvalue weighted by Gasteiger charge is 2.22. The van der Waals surface area contributed by atoms with Crippen LogP contribution >= 0.6 is 11.3 Å². The van der Waals surface area contributed by atoms with Crippen LogP contribution in [-0.2, 0) is 18.4 Å². The summed E-state index contributed by atoms with van der Waals surface area (Å²) in [6, 6.07) is 0. The van der Waals surface area contributed by atoms with Crippen LogP contribution in [0.5, 0.6) is 0 Å². The first-order valence-corrected chi connectivity index (χ1v) is 8.32. The lowest BCUT2D eigenvalue weighted by Gasteiger charge is -2.32. The van der Waals surface area contributed by atoms with E-state index in [-0.39, 0.29) is 5.41 Å². The van der Waals surface area contributed by atoms with Gasteiger partial charge in [0.05, 0.1) is 10.7 Å². The lowest BCUT2D eigenvalue weighted by molar-refractivity contribution is 0.155. The van der Waals surface area contributed by atoms with Crippen LogP contribution in [0.25, 0.3) is 0 Å². The van der Waals surface area contributed by atoms with Crippen LogP contribution in [-0.4, -0.2) is 54.6 Å². The molecule has 4 nitrogen and oxygen atoms in total. The number of likely N-dealkylation sites (N-methyl/N-ethyl adjacent to an activating group) is 1. The van der Waals surface area contributed by atoms with Crippen molar-refractivity contribution in [1.82, 2.24) is 14.8 Å². The van der Waals surface area contributed by atoms with E-state index >= 15 is 0 Å². The molecule has 0 aromatic carbocycles. The zero-order valence-electron chi connectivity index (χ0n) is 13.3. The van der Waals surface area contributed by atoms with Crippen molar-refractivity contribution in [2.75, 3.05) is 39.8 Å². The maximum absolute atomic E-state index is 5.87. The lowest BCUT2D eigenvalue weighted by Crippen LogP contribution is -2.45. The third kappa shape index (κ3) is 4.01. The zero-order valence-corrected chi connectivity index (χ0v) is 14.1. The summed E-state index contributed by atoms with van der Waals surface area (Å²) in [6.07, 6.45) is 1.05. The molecule has 0 saturated carbocycles. The van der Waals surface area contributed by atoms with E-state index in [1.54, 1.807) is 11.3 Å².